The number of nitrogens with zero attached hydrogens (tertiary/aromatic N) is 3. The fraction of sp³-hybridized carbons (Fsp3) is 0.500. The van der Waals surface area contributed by atoms with E-state index in [1.54, 1.807) is 12.1 Å². The molecule has 3 rings (SSSR count). The van der Waals surface area contributed by atoms with Gasteiger partial charge in [0.25, 0.3) is 5.89 Å². The van der Waals surface area contributed by atoms with Crippen molar-refractivity contribution in [2.75, 3.05) is 19.6 Å². The predicted octanol–water partition coefficient (Wildman–Crippen LogP) is 3.09. The van der Waals surface area contributed by atoms with Gasteiger partial charge < -0.3 is 19.5 Å². The van der Waals surface area contributed by atoms with Crippen LogP contribution in [0.25, 0.3) is 0 Å². The third kappa shape index (κ3) is 4.71. The molecular weight excluding hydrogens is 339 g/mol. The van der Waals surface area contributed by atoms with Crippen LogP contribution in [0.4, 0.5) is 9.18 Å². The van der Waals surface area contributed by atoms with Gasteiger partial charge in [-0.2, -0.15) is 4.98 Å². The van der Waals surface area contributed by atoms with Gasteiger partial charge in [-0.3, -0.25) is 0 Å². The molecule has 1 aromatic heterocycles. The fourth-order valence-electron chi connectivity index (χ4n) is 2.85. The number of ether oxygens (including phenoxy) is 1. The molecule has 1 aliphatic rings. The Morgan fingerprint density at radius 3 is 2.77 bits per heavy atom. The first-order chi connectivity index (χ1) is 12.7. The van der Waals surface area contributed by atoms with Gasteiger partial charge in [-0.1, -0.05) is 12.1 Å². The lowest BCUT2D eigenvalue weighted by Crippen LogP contribution is -2.44. The van der Waals surface area contributed by atoms with Crippen molar-refractivity contribution in [1.29, 1.82) is 0 Å². The lowest BCUT2D eigenvalue weighted by molar-refractivity contribution is 0.180. The Hall–Kier alpha value is -2.64. The van der Waals surface area contributed by atoms with Crippen molar-refractivity contribution in [2.45, 2.75) is 38.7 Å². The lowest BCUT2D eigenvalue weighted by Gasteiger charge is -2.30. The zero-order chi connectivity index (χ0) is 18.4. The van der Waals surface area contributed by atoms with Crippen LogP contribution in [0.3, 0.4) is 0 Å². The molecule has 140 valence electrons. The first-order valence-electron chi connectivity index (χ1n) is 8.89. The smallest absolute Gasteiger partial charge is 0.317 e. The highest BCUT2D eigenvalue weighted by molar-refractivity contribution is 5.74. The number of likely N-dealkylation sites (tertiary alicyclic amines) is 1. The minimum Gasteiger partial charge on any atom is -0.484 e. The van der Waals surface area contributed by atoms with Crippen molar-refractivity contribution in [3.8, 4) is 5.75 Å². The molecule has 1 saturated heterocycles. The Labute approximate surface area is 151 Å². The number of carbonyl (C=O) groups excluding carboxylic acids is 1. The molecule has 1 aliphatic heterocycles. The largest absolute Gasteiger partial charge is 0.484 e. The molecule has 0 saturated carbocycles. The molecule has 0 unspecified atom stereocenters. The fourth-order valence-corrected chi connectivity index (χ4v) is 2.85. The van der Waals surface area contributed by atoms with E-state index in [0.29, 0.717) is 37.1 Å². The van der Waals surface area contributed by atoms with Gasteiger partial charge in [0, 0.05) is 25.6 Å². The molecule has 8 heteroatoms. The normalized spacial score (nSPS) is 15.1. The van der Waals surface area contributed by atoms with Crippen LogP contribution in [0.15, 0.2) is 28.8 Å². The maximum atomic E-state index is 12.9. The van der Waals surface area contributed by atoms with Crippen LogP contribution in [-0.2, 0) is 6.61 Å². The summed E-state index contributed by atoms with van der Waals surface area (Å²) in [5.41, 5.74) is 0. The summed E-state index contributed by atoms with van der Waals surface area (Å²) in [5, 5.41) is 6.93. The van der Waals surface area contributed by atoms with E-state index in [9.17, 15) is 9.18 Å². The Kier molecular flexibility index (Phi) is 6.04. The summed E-state index contributed by atoms with van der Waals surface area (Å²) in [6.07, 6.45) is 2.53. The molecule has 1 fully saturated rings. The van der Waals surface area contributed by atoms with Crippen LogP contribution >= 0.6 is 0 Å². The van der Waals surface area contributed by atoms with Crippen molar-refractivity contribution < 1.29 is 18.4 Å². The van der Waals surface area contributed by atoms with E-state index in [2.05, 4.69) is 15.5 Å². The summed E-state index contributed by atoms with van der Waals surface area (Å²) in [7, 11) is 0. The topological polar surface area (TPSA) is 80.5 Å². The summed E-state index contributed by atoms with van der Waals surface area (Å²) in [5.74, 6) is 1.43. The van der Waals surface area contributed by atoms with Crippen molar-refractivity contribution in [1.82, 2.24) is 20.4 Å². The van der Waals surface area contributed by atoms with Gasteiger partial charge in [0.2, 0.25) is 0 Å². The van der Waals surface area contributed by atoms with Crippen molar-refractivity contribution >= 4 is 6.03 Å². The first kappa shape index (κ1) is 18.2. The zero-order valence-corrected chi connectivity index (χ0v) is 14.8. The van der Waals surface area contributed by atoms with Gasteiger partial charge >= 0.3 is 6.03 Å². The number of hydrogen-bond donors (Lipinski definition) is 1. The Morgan fingerprint density at radius 1 is 1.35 bits per heavy atom. The van der Waals surface area contributed by atoms with Crippen LogP contribution < -0.4 is 10.1 Å². The van der Waals surface area contributed by atoms with E-state index >= 15 is 0 Å². The summed E-state index contributed by atoms with van der Waals surface area (Å²) < 4.78 is 23.6. The second-order valence-corrected chi connectivity index (χ2v) is 6.28. The second kappa shape index (κ2) is 8.64. The standard InChI is InChI=1S/C18H23FN4O3/c1-2-9-20-18(24)23-10-7-13(8-11-23)17-21-16(26-22-17)12-25-15-5-3-14(19)4-6-15/h3-6,13H,2,7-12H2,1H3,(H,20,24). The van der Waals surface area contributed by atoms with Crippen LogP contribution in [0.2, 0.25) is 0 Å². The van der Waals surface area contributed by atoms with Gasteiger partial charge in [-0.15, -0.1) is 0 Å². The average molecular weight is 362 g/mol. The number of benzene rings is 1. The average Bonchev–Trinajstić information content (AvgIpc) is 3.15. The molecule has 0 radical (unpaired) electrons. The number of piperidine rings is 1. The van der Waals surface area contributed by atoms with Gasteiger partial charge in [-0.25, -0.2) is 9.18 Å². The molecule has 2 amide bonds. The SMILES string of the molecule is CCCNC(=O)N1CCC(c2noc(COc3ccc(F)cc3)n2)CC1. The molecule has 1 aromatic carbocycles. The molecule has 2 heterocycles. The molecule has 7 nitrogen and oxygen atoms in total. The van der Waals surface area contributed by atoms with Crippen molar-refractivity contribution in [2.24, 2.45) is 0 Å². The van der Waals surface area contributed by atoms with Crippen LogP contribution in [-0.4, -0.2) is 40.7 Å². The van der Waals surface area contributed by atoms with E-state index < -0.39 is 0 Å². The molecular formula is C18H23FN4O3. The number of nitrogens with one attached hydrogen (secondary N) is 1. The minimum absolute atomic E-state index is 0.00759. The number of carbonyl (C=O) groups is 1. The highest BCUT2D eigenvalue weighted by atomic mass is 19.1. The zero-order valence-electron chi connectivity index (χ0n) is 14.8. The summed E-state index contributed by atoms with van der Waals surface area (Å²) >= 11 is 0. The molecule has 26 heavy (non-hydrogen) atoms. The number of amides is 2. The predicted molar refractivity (Wildman–Crippen MR) is 92.3 cm³/mol. The van der Waals surface area contributed by atoms with Crippen LogP contribution in [0, 0.1) is 5.82 Å². The first-order valence-corrected chi connectivity index (χ1v) is 8.89. The maximum absolute atomic E-state index is 12.9. The van der Waals surface area contributed by atoms with Crippen molar-refractivity contribution in [3.63, 3.8) is 0 Å². The number of halogens is 1. The summed E-state index contributed by atoms with van der Waals surface area (Å²) in [6.45, 7) is 4.21. The summed E-state index contributed by atoms with van der Waals surface area (Å²) in [4.78, 5) is 18.2. The van der Waals surface area contributed by atoms with E-state index in [4.69, 9.17) is 9.26 Å². The highest BCUT2D eigenvalue weighted by Crippen LogP contribution is 2.26. The number of rotatable bonds is 6. The van der Waals surface area contributed by atoms with Gasteiger partial charge in [0.05, 0.1) is 0 Å². The molecule has 0 aliphatic carbocycles. The molecule has 0 bridgehead atoms. The summed E-state index contributed by atoms with van der Waals surface area (Å²) in [6, 6.07) is 5.75. The molecule has 1 N–H and O–H groups in total. The molecule has 2 aromatic rings. The van der Waals surface area contributed by atoms with E-state index in [1.165, 1.54) is 12.1 Å². The number of hydrogen-bond acceptors (Lipinski definition) is 5. The van der Waals surface area contributed by atoms with Crippen LogP contribution in [0.5, 0.6) is 5.75 Å². The second-order valence-electron chi connectivity index (χ2n) is 6.28. The van der Waals surface area contributed by atoms with E-state index in [0.717, 1.165) is 19.3 Å². The Balaban J connectivity index is 1.48. The molecule has 0 atom stereocenters. The number of urea groups is 1. The quantitative estimate of drug-likeness (QED) is 0.854. The third-order valence-corrected chi connectivity index (χ3v) is 4.33. The van der Waals surface area contributed by atoms with E-state index in [-0.39, 0.29) is 24.4 Å². The minimum atomic E-state index is -0.313. The van der Waals surface area contributed by atoms with Crippen molar-refractivity contribution in [3.05, 3.63) is 41.8 Å². The monoisotopic (exact) mass is 362 g/mol. The highest BCUT2D eigenvalue weighted by Gasteiger charge is 2.26. The van der Waals surface area contributed by atoms with Crippen LogP contribution in [0.1, 0.15) is 43.8 Å². The van der Waals surface area contributed by atoms with Gasteiger partial charge in [0.15, 0.2) is 12.4 Å². The Bertz CT molecular complexity index is 711. The van der Waals surface area contributed by atoms with Gasteiger partial charge in [-0.05, 0) is 43.5 Å². The van der Waals surface area contributed by atoms with Gasteiger partial charge in [0.1, 0.15) is 11.6 Å². The number of aromatic nitrogens is 2. The van der Waals surface area contributed by atoms with E-state index in [1.807, 2.05) is 11.8 Å². The Morgan fingerprint density at radius 2 is 2.08 bits per heavy atom. The maximum Gasteiger partial charge on any atom is 0.317 e. The lowest BCUT2D eigenvalue weighted by atomic mass is 9.96. The third-order valence-electron chi connectivity index (χ3n) is 4.33. The molecule has 0 spiro atoms.